The molecule has 1 aromatic heterocycles. The summed E-state index contributed by atoms with van der Waals surface area (Å²) < 4.78 is 5.00. The number of hydrogen-bond acceptors (Lipinski definition) is 3. The summed E-state index contributed by atoms with van der Waals surface area (Å²) in [5, 5.41) is 3.27. The molecule has 1 saturated heterocycles. The number of hydrogen-bond donors (Lipinski definition) is 1. The Balaban J connectivity index is 1.59. The standard InChI is InChI=1S/C23H30N2O3/c1-23(2,3)15-20(17-7-5-4-6-8-17)24-21(26)18-9-12-25(13-10-18)22(27)19-11-14-28-16-19/h4-8,11,14,16,18,20H,9-10,12-13,15H2,1-3H3,(H,24,26). The van der Waals surface area contributed by atoms with Crippen molar-refractivity contribution in [1.82, 2.24) is 10.2 Å². The third kappa shape index (κ3) is 5.24. The minimum atomic E-state index is -0.0559. The van der Waals surface area contributed by atoms with E-state index < -0.39 is 0 Å². The average Bonchev–Trinajstić information content (AvgIpc) is 3.21. The van der Waals surface area contributed by atoms with Crippen molar-refractivity contribution < 1.29 is 14.0 Å². The zero-order valence-electron chi connectivity index (χ0n) is 17.0. The van der Waals surface area contributed by atoms with Crippen molar-refractivity contribution in [2.45, 2.75) is 46.1 Å². The molecule has 1 fully saturated rings. The number of nitrogens with zero attached hydrogens (tertiary/aromatic N) is 1. The van der Waals surface area contributed by atoms with Gasteiger partial charge >= 0.3 is 0 Å². The maximum Gasteiger partial charge on any atom is 0.257 e. The highest BCUT2D eigenvalue weighted by Gasteiger charge is 2.30. The van der Waals surface area contributed by atoms with Crippen molar-refractivity contribution in [2.24, 2.45) is 11.3 Å². The molecule has 5 nitrogen and oxygen atoms in total. The van der Waals surface area contributed by atoms with E-state index in [9.17, 15) is 9.59 Å². The summed E-state index contributed by atoms with van der Waals surface area (Å²) >= 11 is 0. The van der Waals surface area contributed by atoms with E-state index in [0.717, 1.165) is 12.0 Å². The molecular weight excluding hydrogens is 352 g/mol. The number of amides is 2. The number of piperidine rings is 1. The van der Waals surface area contributed by atoms with Crippen LogP contribution in [0.4, 0.5) is 0 Å². The van der Waals surface area contributed by atoms with Gasteiger partial charge in [0.15, 0.2) is 0 Å². The van der Waals surface area contributed by atoms with Crippen LogP contribution in [0.2, 0.25) is 0 Å². The predicted octanol–water partition coefficient (Wildman–Crippen LogP) is 4.43. The van der Waals surface area contributed by atoms with Gasteiger partial charge in [0.25, 0.3) is 5.91 Å². The molecule has 150 valence electrons. The van der Waals surface area contributed by atoms with Crippen LogP contribution >= 0.6 is 0 Å². The van der Waals surface area contributed by atoms with Gasteiger partial charge in [-0.2, -0.15) is 0 Å². The fraction of sp³-hybridized carbons (Fsp3) is 0.478. The smallest absolute Gasteiger partial charge is 0.257 e. The van der Waals surface area contributed by atoms with Crippen LogP contribution in [0.15, 0.2) is 53.3 Å². The topological polar surface area (TPSA) is 62.6 Å². The van der Waals surface area contributed by atoms with Gasteiger partial charge in [-0.1, -0.05) is 51.1 Å². The molecule has 1 aromatic carbocycles. The van der Waals surface area contributed by atoms with Crippen LogP contribution in [-0.4, -0.2) is 29.8 Å². The zero-order chi connectivity index (χ0) is 20.1. The van der Waals surface area contributed by atoms with Crippen molar-refractivity contribution >= 4 is 11.8 Å². The quantitative estimate of drug-likeness (QED) is 0.832. The molecule has 0 radical (unpaired) electrons. The molecular formula is C23H30N2O3. The van der Waals surface area contributed by atoms with E-state index in [0.29, 0.717) is 31.5 Å². The van der Waals surface area contributed by atoms with Crippen LogP contribution in [0.1, 0.15) is 62.0 Å². The number of nitrogens with one attached hydrogen (secondary N) is 1. The van der Waals surface area contributed by atoms with Gasteiger partial charge in [0.05, 0.1) is 17.9 Å². The van der Waals surface area contributed by atoms with Gasteiger partial charge in [0, 0.05) is 19.0 Å². The van der Waals surface area contributed by atoms with Crippen molar-refractivity contribution in [2.75, 3.05) is 13.1 Å². The number of carbonyl (C=O) groups is 2. The molecule has 5 heteroatoms. The van der Waals surface area contributed by atoms with E-state index in [-0.39, 0.29) is 29.2 Å². The fourth-order valence-corrected chi connectivity index (χ4v) is 3.75. The third-order valence-corrected chi connectivity index (χ3v) is 5.26. The SMILES string of the molecule is CC(C)(C)CC(NC(=O)C1CCN(C(=O)c2ccoc2)CC1)c1ccccc1. The number of likely N-dealkylation sites (tertiary alicyclic amines) is 1. The van der Waals surface area contributed by atoms with E-state index in [1.807, 2.05) is 18.2 Å². The first-order valence-corrected chi connectivity index (χ1v) is 10.0. The Morgan fingerprint density at radius 1 is 1.14 bits per heavy atom. The van der Waals surface area contributed by atoms with E-state index in [1.54, 1.807) is 11.0 Å². The van der Waals surface area contributed by atoms with Crippen LogP contribution in [-0.2, 0) is 4.79 Å². The van der Waals surface area contributed by atoms with Crippen LogP contribution < -0.4 is 5.32 Å². The summed E-state index contributed by atoms with van der Waals surface area (Å²) in [5.74, 6) is 0.00981. The molecule has 1 N–H and O–H groups in total. The normalized spacial score (nSPS) is 16.6. The first-order valence-electron chi connectivity index (χ1n) is 10.0. The molecule has 1 aliphatic heterocycles. The Hall–Kier alpha value is -2.56. The summed E-state index contributed by atoms with van der Waals surface area (Å²) in [4.78, 5) is 27.2. The maximum absolute atomic E-state index is 12.9. The molecule has 2 heterocycles. The Bertz CT molecular complexity index is 770. The predicted molar refractivity (Wildman–Crippen MR) is 109 cm³/mol. The number of benzene rings is 1. The summed E-state index contributed by atoms with van der Waals surface area (Å²) in [7, 11) is 0. The summed E-state index contributed by atoms with van der Waals surface area (Å²) in [6.07, 6.45) is 5.23. The average molecular weight is 383 g/mol. The minimum Gasteiger partial charge on any atom is -0.472 e. The molecule has 3 rings (SSSR count). The van der Waals surface area contributed by atoms with Gasteiger partial charge in [-0.3, -0.25) is 9.59 Å². The van der Waals surface area contributed by atoms with Gasteiger partial charge < -0.3 is 14.6 Å². The highest BCUT2D eigenvalue weighted by Crippen LogP contribution is 2.30. The van der Waals surface area contributed by atoms with E-state index in [4.69, 9.17) is 4.42 Å². The van der Waals surface area contributed by atoms with Crippen molar-refractivity contribution in [3.05, 3.63) is 60.1 Å². The lowest BCUT2D eigenvalue weighted by Crippen LogP contribution is -2.44. The largest absolute Gasteiger partial charge is 0.472 e. The van der Waals surface area contributed by atoms with Gasteiger partial charge in [-0.05, 0) is 36.3 Å². The van der Waals surface area contributed by atoms with Gasteiger partial charge in [0.1, 0.15) is 6.26 Å². The van der Waals surface area contributed by atoms with Gasteiger partial charge in [0.2, 0.25) is 5.91 Å². The molecule has 1 aliphatic rings. The molecule has 28 heavy (non-hydrogen) atoms. The number of rotatable bonds is 5. The molecule has 0 saturated carbocycles. The second kappa shape index (κ2) is 8.63. The van der Waals surface area contributed by atoms with Crippen LogP contribution in [0.5, 0.6) is 0 Å². The van der Waals surface area contributed by atoms with Gasteiger partial charge in [-0.15, -0.1) is 0 Å². The minimum absolute atomic E-state index is 0.000656. The zero-order valence-corrected chi connectivity index (χ0v) is 17.0. The molecule has 2 aromatic rings. The first kappa shape index (κ1) is 20.2. The van der Waals surface area contributed by atoms with E-state index >= 15 is 0 Å². The number of furan rings is 1. The Labute approximate surface area is 167 Å². The first-order chi connectivity index (χ1) is 13.3. The monoisotopic (exact) mass is 382 g/mol. The van der Waals surface area contributed by atoms with Crippen LogP contribution in [0, 0.1) is 11.3 Å². The second-order valence-corrected chi connectivity index (χ2v) is 8.82. The lowest BCUT2D eigenvalue weighted by Gasteiger charge is -2.33. The summed E-state index contributed by atoms with van der Waals surface area (Å²) in [6, 6.07) is 11.8. The maximum atomic E-state index is 12.9. The lowest BCUT2D eigenvalue weighted by molar-refractivity contribution is -0.127. The van der Waals surface area contributed by atoms with E-state index in [2.05, 4.69) is 38.2 Å². The molecule has 0 spiro atoms. The molecule has 2 amide bonds. The molecule has 1 atom stereocenters. The number of carbonyl (C=O) groups excluding carboxylic acids is 2. The summed E-state index contributed by atoms with van der Waals surface area (Å²) in [6.45, 7) is 7.76. The van der Waals surface area contributed by atoms with Crippen molar-refractivity contribution in [1.29, 1.82) is 0 Å². The Kier molecular flexibility index (Phi) is 6.22. The van der Waals surface area contributed by atoms with Crippen LogP contribution in [0.3, 0.4) is 0 Å². The highest BCUT2D eigenvalue weighted by atomic mass is 16.3. The third-order valence-electron chi connectivity index (χ3n) is 5.26. The molecule has 0 aliphatic carbocycles. The van der Waals surface area contributed by atoms with Gasteiger partial charge in [-0.25, -0.2) is 0 Å². The molecule has 1 unspecified atom stereocenters. The Morgan fingerprint density at radius 2 is 1.82 bits per heavy atom. The lowest BCUT2D eigenvalue weighted by atomic mass is 9.85. The van der Waals surface area contributed by atoms with Crippen molar-refractivity contribution in [3.8, 4) is 0 Å². The van der Waals surface area contributed by atoms with E-state index in [1.165, 1.54) is 12.5 Å². The van der Waals surface area contributed by atoms with Crippen LogP contribution in [0.25, 0.3) is 0 Å². The van der Waals surface area contributed by atoms with Crippen molar-refractivity contribution in [3.63, 3.8) is 0 Å². The Morgan fingerprint density at radius 3 is 2.39 bits per heavy atom. The molecule has 0 bridgehead atoms. The summed E-state index contributed by atoms with van der Waals surface area (Å²) in [5.41, 5.74) is 1.81. The highest BCUT2D eigenvalue weighted by molar-refractivity contribution is 5.94. The second-order valence-electron chi connectivity index (χ2n) is 8.82. The fourth-order valence-electron chi connectivity index (χ4n) is 3.75.